The van der Waals surface area contributed by atoms with Crippen LogP contribution in [0.4, 0.5) is 0 Å². The Morgan fingerprint density at radius 1 is 0.552 bits per heavy atom. The molecule has 3 heteroatoms. The molecule has 0 aliphatic carbocycles. The molecule has 0 rings (SSSR count). The van der Waals surface area contributed by atoms with Crippen molar-refractivity contribution in [3.05, 3.63) is 0 Å². The molecule has 0 aliphatic heterocycles. The minimum absolute atomic E-state index is 0.230. The van der Waals surface area contributed by atoms with E-state index >= 15 is 0 Å². The lowest BCUT2D eigenvalue weighted by atomic mass is 10.1. The molecule has 0 aromatic rings. The van der Waals surface area contributed by atoms with Crippen LogP contribution in [-0.4, -0.2) is 58.1 Å². The number of nitrogens with zero attached hydrogens (tertiary/aromatic N) is 1. The third-order valence-corrected chi connectivity index (χ3v) is 5.55. The lowest BCUT2D eigenvalue weighted by Gasteiger charge is -2.29. The Morgan fingerprint density at radius 2 is 0.966 bits per heavy atom. The van der Waals surface area contributed by atoms with Gasteiger partial charge in [-0.25, -0.2) is 0 Å². The standard InChI is InChI=1S/C26H56NO2/c1-6-8-10-12-14-16-18-20-22-28-25-26(24-27(3,4)5)29-23-21-19-17-15-13-11-9-7-2/h26H,6-25H2,1-5H3/q+1/t26-/m0/s1. The first-order chi connectivity index (χ1) is 14.0. The fraction of sp³-hybridized carbons (Fsp3) is 1.00. The molecule has 3 nitrogen and oxygen atoms in total. The predicted molar refractivity (Wildman–Crippen MR) is 129 cm³/mol. The van der Waals surface area contributed by atoms with Crippen molar-refractivity contribution in [2.75, 3.05) is 47.5 Å². The summed E-state index contributed by atoms with van der Waals surface area (Å²) >= 11 is 0. The van der Waals surface area contributed by atoms with Crippen molar-refractivity contribution in [1.82, 2.24) is 0 Å². The minimum atomic E-state index is 0.230. The lowest BCUT2D eigenvalue weighted by Crippen LogP contribution is -2.44. The van der Waals surface area contributed by atoms with Crippen LogP contribution in [-0.2, 0) is 9.47 Å². The van der Waals surface area contributed by atoms with Crippen molar-refractivity contribution in [3.63, 3.8) is 0 Å². The summed E-state index contributed by atoms with van der Waals surface area (Å²) in [4.78, 5) is 0. The monoisotopic (exact) mass is 414 g/mol. The molecule has 176 valence electrons. The van der Waals surface area contributed by atoms with Crippen molar-refractivity contribution in [1.29, 1.82) is 0 Å². The van der Waals surface area contributed by atoms with E-state index in [1.807, 2.05) is 0 Å². The molecule has 0 unspecified atom stereocenters. The second kappa shape index (κ2) is 21.1. The molecule has 0 aromatic heterocycles. The summed E-state index contributed by atoms with van der Waals surface area (Å²) in [5, 5.41) is 0. The maximum Gasteiger partial charge on any atom is 0.130 e. The van der Waals surface area contributed by atoms with Gasteiger partial charge in [0, 0.05) is 13.2 Å². The fourth-order valence-corrected chi connectivity index (χ4v) is 3.80. The topological polar surface area (TPSA) is 18.5 Å². The number of ether oxygens (including phenoxy) is 2. The minimum Gasteiger partial charge on any atom is -0.379 e. The highest BCUT2D eigenvalue weighted by Gasteiger charge is 2.18. The van der Waals surface area contributed by atoms with Crippen LogP contribution in [0.5, 0.6) is 0 Å². The summed E-state index contributed by atoms with van der Waals surface area (Å²) in [7, 11) is 6.72. The molecule has 0 radical (unpaired) electrons. The Hall–Kier alpha value is -0.120. The zero-order valence-electron chi connectivity index (χ0n) is 21.0. The highest BCUT2D eigenvalue weighted by molar-refractivity contribution is 4.57. The van der Waals surface area contributed by atoms with Gasteiger partial charge in [0.1, 0.15) is 12.6 Å². The van der Waals surface area contributed by atoms with E-state index in [-0.39, 0.29) is 6.10 Å². The molecule has 0 aliphatic rings. The summed E-state index contributed by atoms with van der Waals surface area (Å²) in [5.74, 6) is 0. The third-order valence-electron chi connectivity index (χ3n) is 5.55. The number of likely N-dealkylation sites (N-methyl/N-ethyl adjacent to an activating group) is 1. The van der Waals surface area contributed by atoms with E-state index in [0.717, 1.165) is 30.8 Å². The first-order valence-electron chi connectivity index (χ1n) is 13.0. The molecule has 0 heterocycles. The predicted octanol–water partition coefficient (Wildman–Crippen LogP) is 7.38. The molecular weight excluding hydrogens is 358 g/mol. The van der Waals surface area contributed by atoms with E-state index in [1.165, 1.54) is 103 Å². The van der Waals surface area contributed by atoms with Crippen LogP contribution in [0.1, 0.15) is 117 Å². The van der Waals surface area contributed by atoms with Crippen molar-refractivity contribution >= 4 is 0 Å². The van der Waals surface area contributed by atoms with Gasteiger partial charge in [0.25, 0.3) is 0 Å². The zero-order valence-corrected chi connectivity index (χ0v) is 21.0. The van der Waals surface area contributed by atoms with Crippen LogP contribution in [0.25, 0.3) is 0 Å². The van der Waals surface area contributed by atoms with Crippen LogP contribution in [0.2, 0.25) is 0 Å². The third kappa shape index (κ3) is 24.0. The highest BCUT2D eigenvalue weighted by atomic mass is 16.5. The summed E-state index contributed by atoms with van der Waals surface area (Å²) in [6.07, 6.45) is 21.9. The average Bonchev–Trinajstić information content (AvgIpc) is 2.66. The lowest BCUT2D eigenvalue weighted by molar-refractivity contribution is -0.873. The molecular formula is C26H56NO2+. The van der Waals surface area contributed by atoms with Crippen molar-refractivity contribution in [3.8, 4) is 0 Å². The van der Waals surface area contributed by atoms with Gasteiger partial charge in [-0.05, 0) is 12.8 Å². The molecule has 0 aromatic carbocycles. The van der Waals surface area contributed by atoms with Gasteiger partial charge in [-0.2, -0.15) is 0 Å². The maximum absolute atomic E-state index is 6.21. The van der Waals surface area contributed by atoms with Crippen molar-refractivity contribution in [2.45, 2.75) is 123 Å². The highest BCUT2D eigenvalue weighted by Crippen LogP contribution is 2.11. The van der Waals surface area contributed by atoms with Gasteiger partial charge in [-0.15, -0.1) is 0 Å². The van der Waals surface area contributed by atoms with E-state index < -0.39 is 0 Å². The Balaban J connectivity index is 3.70. The van der Waals surface area contributed by atoms with Gasteiger partial charge in [-0.3, -0.25) is 0 Å². The van der Waals surface area contributed by atoms with Crippen LogP contribution in [0.15, 0.2) is 0 Å². The first kappa shape index (κ1) is 28.9. The summed E-state index contributed by atoms with van der Waals surface area (Å²) in [6.45, 7) is 8.12. The summed E-state index contributed by atoms with van der Waals surface area (Å²) in [5.41, 5.74) is 0. The van der Waals surface area contributed by atoms with E-state index in [4.69, 9.17) is 9.47 Å². The average molecular weight is 415 g/mol. The van der Waals surface area contributed by atoms with E-state index in [1.54, 1.807) is 0 Å². The maximum atomic E-state index is 6.21. The number of hydrogen-bond donors (Lipinski definition) is 0. The van der Waals surface area contributed by atoms with Crippen LogP contribution in [0, 0.1) is 0 Å². The second-order valence-electron chi connectivity index (χ2n) is 9.99. The normalized spacial score (nSPS) is 13.1. The summed E-state index contributed by atoms with van der Waals surface area (Å²) in [6, 6.07) is 0. The molecule has 1 atom stereocenters. The van der Waals surface area contributed by atoms with Gasteiger partial charge in [0.15, 0.2) is 0 Å². The number of unbranched alkanes of at least 4 members (excludes halogenated alkanes) is 14. The molecule has 0 amide bonds. The Bertz CT molecular complexity index is 314. The molecule has 0 saturated heterocycles. The second-order valence-corrected chi connectivity index (χ2v) is 9.99. The SMILES string of the molecule is CCCCCCCCCCOC[C@H](C[N+](C)(C)C)OCCCCCCCCCC. The number of rotatable bonds is 23. The van der Waals surface area contributed by atoms with Gasteiger partial charge < -0.3 is 14.0 Å². The van der Waals surface area contributed by atoms with Gasteiger partial charge in [0.05, 0.1) is 27.7 Å². The molecule has 0 fully saturated rings. The molecule has 0 spiro atoms. The Morgan fingerprint density at radius 3 is 1.41 bits per heavy atom. The molecule has 29 heavy (non-hydrogen) atoms. The molecule has 0 N–H and O–H groups in total. The smallest absolute Gasteiger partial charge is 0.130 e. The first-order valence-corrected chi connectivity index (χ1v) is 13.0. The van der Waals surface area contributed by atoms with Crippen molar-refractivity contribution in [2.24, 2.45) is 0 Å². The summed E-state index contributed by atoms with van der Waals surface area (Å²) < 4.78 is 13.1. The quantitative estimate of drug-likeness (QED) is 0.128. The van der Waals surface area contributed by atoms with Crippen LogP contribution < -0.4 is 0 Å². The molecule has 0 bridgehead atoms. The number of quaternary nitrogens is 1. The van der Waals surface area contributed by atoms with E-state index in [2.05, 4.69) is 35.0 Å². The van der Waals surface area contributed by atoms with Crippen molar-refractivity contribution < 1.29 is 14.0 Å². The molecule has 0 saturated carbocycles. The zero-order chi connectivity index (χ0) is 21.6. The fourth-order valence-electron chi connectivity index (χ4n) is 3.80. The largest absolute Gasteiger partial charge is 0.379 e. The van der Waals surface area contributed by atoms with E-state index in [9.17, 15) is 0 Å². The Labute approximate surface area is 184 Å². The Kier molecular flexibility index (Phi) is 21.0. The van der Waals surface area contributed by atoms with Gasteiger partial charge in [0.2, 0.25) is 0 Å². The van der Waals surface area contributed by atoms with Crippen LogP contribution >= 0.6 is 0 Å². The van der Waals surface area contributed by atoms with Gasteiger partial charge in [-0.1, -0.05) is 104 Å². The van der Waals surface area contributed by atoms with Gasteiger partial charge >= 0.3 is 0 Å². The number of hydrogen-bond acceptors (Lipinski definition) is 2. The van der Waals surface area contributed by atoms with Crippen LogP contribution in [0.3, 0.4) is 0 Å². The van der Waals surface area contributed by atoms with E-state index in [0.29, 0.717) is 0 Å².